The zero-order chi connectivity index (χ0) is 20.6. The molecule has 1 N–H and O–H groups in total. The van der Waals surface area contributed by atoms with Crippen LogP contribution in [0.3, 0.4) is 0 Å². The lowest BCUT2D eigenvalue weighted by atomic mass is 9.78. The van der Waals surface area contributed by atoms with Crippen molar-refractivity contribution in [3.8, 4) is 5.75 Å². The summed E-state index contributed by atoms with van der Waals surface area (Å²) in [6.45, 7) is 15.4. The Kier molecular flexibility index (Phi) is 6.25. The van der Waals surface area contributed by atoms with E-state index in [0.717, 1.165) is 27.3 Å². The summed E-state index contributed by atoms with van der Waals surface area (Å²) in [6.07, 6.45) is 1.86. The van der Waals surface area contributed by atoms with Crippen molar-refractivity contribution in [1.82, 2.24) is 4.90 Å². The predicted molar refractivity (Wildman–Crippen MR) is 115 cm³/mol. The van der Waals surface area contributed by atoms with E-state index in [0.29, 0.717) is 12.3 Å². The summed E-state index contributed by atoms with van der Waals surface area (Å²) in [5.41, 5.74) is 2.62. The topological polar surface area (TPSA) is 49.8 Å². The van der Waals surface area contributed by atoms with E-state index in [1.54, 1.807) is 16.7 Å². The second kappa shape index (κ2) is 7.78. The number of carbonyl (C=O) groups excluding carboxylic acids is 1. The van der Waals surface area contributed by atoms with Crippen molar-refractivity contribution >= 4 is 23.9 Å². The van der Waals surface area contributed by atoms with Gasteiger partial charge in [0.05, 0.1) is 13.2 Å². The van der Waals surface area contributed by atoms with Crippen LogP contribution in [0.5, 0.6) is 5.75 Å². The van der Waals surface area contributed by atoms with Crippen LogP contribution in [0.15, 0.2) is 17.0 Å². The molecule has 4 nitrogen and oxygen atoms in total. The Morgan fingerprint density at radius 2 is 1.70 bits per heavy atom. The minimum atomic E-state index is -0.287. The number of ether oxygens (including phenoxy) is 1. The zero-order valence-corrected chi connectivity index (χ0v) is 18.7. The molecule has 1 saturated heterocycles. The summed E-state index contributed by atoms with van der Waals surface area (Å²) in [6, 6.07) is 4.12. The highest BCUT2D eigenvalue weighted by Crippen LogP contribution is 2.41. The second-order valence-electron chi connectivity index (χ2n) is 9.20. The first kappa shape index (κ1) is 21.7. The first-order chi connectivity index (χ1) is 12.4. The van der Waals surface area contributed by atoms with Crippen LogP contribution in [0.2, 0.25) is 0 Å². The molecule has 1 aromatic carbocycles. The van der Waals surface area contributed by atoms with Crippen molar-refractivity contribution < 1.29 is 14.6 Å². The van der Waals surface area contributed by atoms with E-state index in [2.05, 4.69) is 59.8 Å². The first-order valence-corrected chi connectivity index (χ1v) is 10.4. The Morgan fingerprint density at radius 3 is 2.15 bits per heavy atom. The van der Waals surface area contributed by atoms with Gasteiger partial charge in [-0.05, 0) is 41.5 Å². The van der Waals surface area contributed by atoms with Gasteiger partial charge in [-0.1, -0.05) is 41.5 Å². The highest BCUT2D eigenvalue weighted by Gasteiger charge is 2.29. The van der Waals surface area contributed by atoms with Gasteiger partial charge in [-0.2, -0.15) is 0 Å². The first-order valence-electron chi connectivity index (χ1n) is 9.43. The smallest absolute Gasteiger partial charge is 0.410 e. The summed E-state index contributed by atoms with van der Waals surface area (Å²) in [7, 11) is 1.42. The van der Waals surface area contributed by atoms with Gasteiger partial charge in [0.15, 0.2) is 0 Å². The fraction of sp³-hybridized carbons (Fsp3) is 0.591. The Bertz CT molecular complexity index is 706. The third-order valence-electron chi connectivity index (χ3n) is 4.95. The van der Waals surface area contributed by atoms with Gasteiger partial charge >= 0.3 is 6.09 Å². The van der Waals surface area contributed by atoms with Crippen molar-refractivity contribution in [1.29, 1.82) is 0 Å². The summed E-state index contributed by atoms with van der Waals surface area (Å²) in [5.74, 6) is 1.24. The van der Waals surface area contributed by atoms with E-state index in [9.17, 15) is 9.90 Å². The molecule has 1 heterocycles. The molecule has 1 atom stereocenters. The van der Waals surface area contributed by atoms with Crippen LogP contribution in [0.1, 0.15) is 65.2 Å². The molecule has 1 amide bonds. The molecule has 27 heavy (non-hydrogen) atoms. The van der Waals surface area contributed by atoms with Crippen LogP contribution in [-0.4, -0.2) is 41.5 Å². The monoisotopic (exact) mass is 391 g/mol. The maximum Gasteiger partial charge on any atom is 0.410 e. The summed E-state index contributed by atoms with van der Waals surface area (Å²) >= 11 is 1.78. The average molecular weight is 392 g/mol. The lowest BCUT2D eigenvalue weighted by Gasteiger charge is -2.34. The molecule has 0 spiro atoms. The number of hydrogen-bond acceptors (Lipinski definition) is 4. The third-order valence-corrected chi connectivity index (χ3v) is 6.13. The van der Waals surface area contributed by atoms with Crippen molar-refractivity contribution in [3.05, 3.63) is 33.7 Å². The molecule has 1 aliphatic heterocycles. The number of aromatic hydroxyl groups is 1. The minimum Gasteiger partial charge on any atom is -0.507 e. The van der Waals surface area contributed by atoms with E-state index in [4.69, 9.17) is 4.74 Å². The number of methoxy groups -OCH3 is 1. The van der Waals surface area contributed by atoms with Gasteiger partial charge in [-0.15, -0.1) is 11.8 Å². The number of phenolic OH excluding ortho intramolecular Hbond substituents is 1. The van der Waals surface area contributed by atoms with Gasteiger partial charge < -0.3 is 14.7 Å². The normalized spacial score (nSPS) is 20.1. The van der Waals surface area contributed by atoms with E-state index < -0.39 is 0 Å². The number of thioether (sulfide) groups is 1. The summed E-state index contributed by atoms with van der Waals surface area (Å²) in [5, 5.41) is 10.9. The van der Waals surface area contributed by atoms with Crippen LogP contribution < -0.4 is 0 Å². The van der Waals surface area contributed by atoms with E-state index in [-0.39, 0.29) is 23.0 Å². The molecular weight excluding hydrogens is 358 g/mol. The second-order valence-corrected chi connectivity index (χ2v) is 10.4. The van der Waals surface area contributed by atoms with Crippen molar-refractivity contribution in [2.45, 2.75) is 65.3 Å². The zero-order valence-electron chi connectivity index (χ0n) is 17.8. The molecular formula is C22H33NO3S. The number of carbonyl (C=O) groups is 1. The number of phenols is 1. The fourth-order valence-corrected chi connectivity index (χ4v) is 4.42. The van der Waals surface area contributed by atoms with Crippen LogP contribution in [0.25, 0.3) is 6.08 Å². The number of benzene rings is 1. The maximum absolute atomic E-state index is 12.0. The molecule has 0 bridgehead atoms. The molecule has 0 radical (unpaired) electrons. The largest absolute Gasteiger partial charge is 0.507 e. The van der Waals surface area contributed by atoms with E-state index in [1.165, 1.54) is 7.11 Å². The Labute approximate surface area is 168 Å². The quantitative estimate of drug-likeness (QED) is 0.684. The fourth-order valence-electron chi connectivity index (χ4n) is 3.31. The van der Waals surface area contributed by atoms with Gasteiger partial charge in [-0.25, -0.2) is 4.79 Å². The minimum absolute atomic E-state index is 0.0267. The predicted octanol–water partition coefficient (Wildman–Crippen LogP) is 5.53. The Hall–Kier alpha value is -1.62. The third kappa shape index (κ3) is 4.81. The molecule has 5 heteroatoms. The summed E-state index contributed by atoms with van der Waals surface area (Å²) in [4.78, 5) is 14.9. The number of nitrogens with zero attached hydrogens (tertiary/aromatic N) is 1. The number of amides is 1. The molecule has 0 aromatic heterocycles. The maximum atomic E-state index is 12.0. The van der Waals surface area contributed by atoms with Crippen molar-refractivity contribution in [2.24, 2.45) is 0 Å². The lowest BCUT2D eigenvalue weighted by molar-refractivity contribution is 0.117. The van der Waals surface area contributed by atoms with Crippen LogP contribution >= 0.6 is 11.8 Å². The highest BCUT2D eigenvalue weighted by molar-refractivity contribution is 8.03. The van der Waals surface area contributed by atoms with Crippen molar-refractivity contribution in [3.63, 3.8) is 0 Å². The standard InChI is InChI=1S/C22H33NO3S/c1-14-18(27-10-9-23(14)20(25)26-8)13-15-11-16(21(2,3)4)19(24)17(12-15)22(5,6)7/h11-14,24H,9-10H2,1-8H3. The van der Waals surface area contributed by atoms with E-state index >= 15 is 0 Å². The molecule has 150 valence electrons. The van der Waals surface area contributed by atoms with Crippen LogP contribution in [0.4, 0.5) is 4.79 Å². The van der Waals surface area contributed by atoms with Gasteiger partial charge in [-0.3, -0.25) is 0 Å². The molecule has 2 rings (SSSR count). The molecule has 0 saturated carbocycles. The van der Waals surface area contributed by atoms with Crippen molar-refractivity contribution in [2.75, 3.05) is 19.4 Å². The lowest BCUT2D eigenvalue weighted by Crippen LogP contribution is -2.43. The molecule has 1 aromatic rings. The molecule has 1 aliphatic rings. The Morgan fingerprint density at radius 1 is 1.19 bits per heavy atom. The average Bonchev–Trinajstić information content (AvgIpc) is 2.55. The summed E-state index contributed by atoms with van der Waals surface area (Å²) < 4.78 is 4.92. The molecule has 1 fully saturated rings. The van der Waals surface area contributed by atoms with Gasteiger partial charge in [0, 0.05) is 28.3 Å². The number of hydrogen-bond donors (Lipinski definition) is 1. The van der Waals surface area contributed by atoms with Gasteiger partial charge in [0.1, 0.15) is 5.75 Å². The SMILES string of the molecule is COC(=O)N1CCSC(=Cc2cc(C(C)(C)C)c(O)c(C(C)(C)C)c2)C1C. The number of rotatable bonds is 1. The highest BCUT2D eigenvalue weighted by atomic mass is 32.2. The Balaban J connectivity index is 2.55. The van der Waals surface area contributed by atoms with Crippen LogP contribution in [-0.2, 0) is 15.6 Å². The molecule has 0 aliphatic carbocycles. The van der Waals surface area contributed by atoms with Crippen LogP contribution in [0, 0.1) is 0 Å². The van der Waals surface area contributed by atoms with Gasteiger partial charge in [0.2, 0.25) is 0 Å². The van der Waals surface area contributed by atoms with Gasteiger partial charge in [0.25, 0.3) is 0 Å². The van der Waals surface area contributed by atoms with E-state index in [1.807, 2.05) is 6.92 Å². The molecule has 1 unspecified atom stereocenters.